The molecule has 1 aliphatic heterocycles. The summed E-state index contributed by atoms with van der Waals surface area (Å²) in [5.41, 5.74) is 1.61. The topological polar surface area (TPSA) is 86.1 Å². The molecule has 0 spiro atoms. The highest BCUT2D eigenvalue weighted by Gasteiger charge is 2.14. The molecule has 1 aromatic carbocycles. The lowest BCUT2D eigenvalue weighted by atomic mass is 10.2. The SMILES string of the molecule is O=C(COc1ccc2nc3n(c(=O)c2c1)CCCCC3)NCc1ccncc1. The number of ether oxygens (including phenoxy) is 1. The fourth-order valence-corrected chi connectivity index (χ4v) is 3.39. The summed E-state index contributed by atoms with van der Waals surface area (Å²) in [6.07, 6.45) is 7.37. The highest BCUT2D eigenvalue weighted by atomic mass is 16.5. The summed E-state index contributed by atoms with van der Waals surface area (Å²) in [6, 6.07) is 8.89. The number of aryl methyl sites for hydroxylation is 1. The van der Waals surface area contributed by atoms with Crippen LogP contribution >= 0.6 is 0 Å². The van der Waals surface area contributed by atoms with Crippen LogP contribution in [0.15, 0.2) is 47.5 Å². The molecule has 1 amide bonds. The number of hydrogen-bond donors (Lipinski definition) is 1. The second-order valence-electron chi connectivity index (χ2n) is 6.90. The summed E-state index contributed by atoms with van der Waals surface area (Å²) in [5, 5.41) is 3.32. The summed E-state index contributed by atoms with van der Waals surface area (Å²) in [4.78, 5) is 33.5. The van der Waals surface area contributed by atoms with Gasteiger partial charge in [0.05, 0.1) is 10.9 Å². The van der Waals surface area contributed by atoms with Gasteiger partial charge in [-0.3, -0.25) is 19.1 Å². The lowest BCUT2D eigenvalue weighted by molar-refractivity contribution is -0.123. The van der Waals surface area contributed by atoms with E-state index in [1.807, 2.05) is 12.1 Å². The molecule has 3 heterocycles. The smallest absolute Gasteiger partial charge is 0.261 e. The molecular weight excluding hydrogens is 356 g/mol. The zero-order valence-electron chi connectivity index (χ0n) is 15.6. The van der Waals surface area contributed by atoms with E-state index < -0.39 is 0 Å². The van der Waals surface area contributed by atoms with Crippen molar-refractivity contribution in [3.63, 3.8) is 0 Å². The van der Waals surface area contributed by atoms with Gasteiger partial charge in [0, 0.05) is 31.9 Å². The largest absolute Gasteiger partial charge is 0.484 e. The Balaban J connectivity index is 1.45. The highest BCUT2D eigenvalue weighted by Crippen LogP contribution is 2.19. The summed E-state index contributed by atoms with van der Waals surface area (Å²) < 4.78 is 7.37. The minimum absolute atomic E-state index is 0.0329. The zero-order chi connectivity index (χ0) is 19.3. The average molecular weight is 378 g/mol. The molecular formula is C21H22N4O3. The molecule has 144 valence electrons. The Labute approximate surface area is 162 Å². The third kappa shape index (κ3) is 4.03. The average Bonchev–Trinajstić information content (AvgIpc) is 2.97. The number of hydrogen-bond acceptors (Lipinski definition) is 5. The molecule has 1 aliphatic rings. The van der Waals surface area contributed by atoms with Crippen LogP contribution in [0, 0.1) is 0 Å². The summed E-state index contributed by atoms with van der Waals surface area (Å²) in [5.74, 6) is 1.12. The van der Waals surface area contributed by atoms with Crippen LogP contribution in [0.1, 0.15) is 30.7 Å². The number of aromatic nitrogens is 3. The van der Waals surface area contributed by atoms with Gasteiger partial charge in [0.15, 0.2) is 6.61 Å². The van der Waals surface area contributed by atoms with Crippen LogP contribution in [0.2, 0.25) is 0 Å². The van der Waals surface area contributed by atoms with E-state index in [2.05, 4.69) is 15.3 Å². The predicted octanol–water partition coefficient (Wildman–Crippen LogP) is 2.21. The number of fused-ring (bicyclic) bond motifs is 2. The van der Waals surface area contributed by atoms with Gasteiger partial charge in [-0.05, 0) is 48.7 Å². The Morgan fingerprint density at radius 1 is 1.14 bits per heavy atom. The molecule has 3 aromatic rings. The molecule has 4 rings (SSSR count). The van der Waals surface area contributed by atoms with Crippen LogP contribution < -0.4 is 15.6 Å². The molecule has 0 radical (unpaired) electrons. The van der Waals surface area contributed by atoms with E-state index in [0.29, 0.717) is 29.7 Å². The van der Waals surface area contributed by atoms with Gasteiger partial charge in [-0.2, -0.15) is 0 Å². The number of pyridine rings is 1. The normalized spacial score (nSPS) is 13.6. The molecule has 1 N–H and O–H groups in total. The first-order valence-corrected chi connectivity index (χ1v) is 9.52. The number of benzene rings is 1. The summed E-state index contributed by atoms with van der Waals surface area (Å²) >= 11 is 0. The number of carbonyl (C=O) groups is 1. The van der Waals surface area contributed by atoms with Crippen LogP contribution in [0.5, 0.6) is 5.75 Å². The van der Waals surface area contributed by atoms with Crippen LogP contribution in [-0.4, -0.2) is 27.0 Å². The number of carbonyl (C=O) groups excluding carboxylic acids is 1. The number of nitrogens with zero attached hydrogens (tertiary/aromatic N) is 3. The molecule has 0 unspecified atom stereocenters. The van der Waals surface area contributed by atoms with Crippen molar-refractivity contribution >= 4 is 16.8 Å². The van der Waals surface area contributed by atoms with Crippen molar-refractivity contribution in [2.75, 3.05) is 6.61 Å². The van der Waals surface area contributed by atoms with E-state index in [4.69, 9.17) is 4.74 Å². The maximum absolute atomic E-state index is 12.9. The first-order valence-electron chi connectivity index (χ1n) is 9.52. The molecule has 0 fully saturated rings. The molecule has 0 aliphatic carbocycles. The van der Waals surface area contributed by atoms with Crippen molar-refractivity contribution < 1.29 is 9.53 Å². The number of amides is 1. The van der Waals surface area contributed by atoms with Crippen molar-refractivity contribution in [2.45, 2.75) is 38.8 Å². The third-order valence-electron chi connectivity index (χ3n) is 4.90. The maximum Gasteiger partial charge on any atom is 0.261 e. The van der Waals surface area contributed by atoms with Gasteiger partial charge in [0.1, 0.15) is 11.6 Å². The van der Waals surface area contributed by atoms with Crippen LogP contribution in [-0.2, 0) is 24.3 Å². The van der Waals surface area contributed by atoms with Gasteiger partial charge in [-0.1, -0.05) is 6.42 Å². The lowest BCUT2D eigenvalue weighted by Gasteiger charge is -2.11. The minimum atomic E-state index is -0.228. The highest BCUT2D eigenvalue weighted by molar-refractivity contribution is 5.80. The molecule has 0 bridgehead atoms. The first kappa shape index (κ1) is 18.2. The second-order valence-corrected chi connectivity index (χ2v) is 6.90. The van der Waals surface area contributed by atoms with Gasteiger partial charge in [0.25, 0.3) is 11.5 Å². The van der Waals surface area contributed by atoms with Crippen molar-refractivity contribution in [1.29, 1.82) is 0 Å². The molecule has 7 heteroatoms. The van der Waals surface area contributed by atoms with Gasteiger partial charge >= 0.3 is 0 Å². The van der Waals surface area contributed by atoms with Gasteiger partial charge in [-0.15, -0.1) is 0 Å². The van der Waals surface area contributed by atoms with E-state index >= 15 is 0 Å². The van der Waals surface area contributed by atoms with E-state index in [1.54, 1.807) is 35.2 Å². The maximum atomic E-state index is 12.9. The van der Waals surface area contributed by atoms with Crippen LogP contribution in [0.4, 0.5) is 0 Å². The lowest BCUT2D eigenvalue weighted by Crippen LogP contribution is -2.28. The van der Waals surface area contributed by atoms with E-state index in [0.717, 1.165) is 37.1 Å². The van der Waals surface area contributed by atoms with E-state index in [-0.39, 0.29) is 18.1 Å². The van der Waals surface area contributed by atoms with Crippen LogP contribution in [0.25, 0.3) is 10.9 Å². The Morgan fingerprint density at radius 2 is 2.00 bits per heavy atom. The Kier molecular flexibility index (Phi) is 5.32. The molecule has 28 heavy (non-hydrogen) atoms. The second kappa shape index (κ2) is 8.21. The third-order valence-corrected chi connectivity index (χ3v) is 4.90. The first-order chi connectivity index (χ1) is 13.7. The standard InChI is InChI=1S/C21H22N4O3/c26-20(23-13-15-7-9-22-10-8-15)14-28-16-5-6-18-17(12-16)21(27)25-11-3-1-2-4-19(25)24-18/h5-10,12H,1-4,11,13-14H2,(H,23,26). The zero-order valence-corrected chi connectivity index (χ0v) is 15.6. The molecule has 0 saturated carbocycles. The Bertz CT molecular complexity index is 1050. The van der Waals surface area contributed by atoms with Gasteiger partial charge in [0.2, 0.25) is 0 Å². The van der Waals surface area contributed by atoms with Crippen molar-refractivity contribution in [1.82, 2.24) is 19.9 Å². The fraction of sp³-hybridized carbons (Fsp3) is 0.333. The fourth-order valence-electron chi connectivity index (χ4n) is 3.39. The quantitative estimate of drug-likeness (QED) is 0.736. The summed E-state index contributed by atoms with van der Waals surface area (Å²) in [6.45, 7) is 1.01. The molecule has 0 atom stereocenters. The Hall–Kier alpha value is -3.22. The number of rotatable bonds is 5. The molecule has 0 saturated heterocycles. The van der Waals surface area contributed by atoms with Crippen molar-refractivity contribution in [3.05, 3.63) is 64.5 Å². The summed E-state index contributed by atoms with van der Waals surface area (Å²) in [7, 11) is 0. The molecule has 2 aromatic heterocycles. The van der Waals surface area contributed by atoms with Gasteiger partial charge in [-0.25, -0.2) is 4.98 Å². The molecule has 7 nitrogen and oxygen atoms in total. The van der Waals surface area contributed by atoms with E-state index in [9.17, 15) is 9.59 Å². The predicted molar refractivity (Wildman–Crippen MR) is 105 cm³/mol. The Morgan fingerprint density at radius 3 is 2.86 bits per heavy atom. The number of nitrogens with one attached hydrogen (secondary N) is 1. The van der Waals surface area contributed by atoms with Gasteiger partial charge < -0.3 is 10.1 Å². The van der Waals surface area contributed by atoms with Crippen molar-refractivity contribution in [3.8, 4) is 5.75 Å². The van der Waals surface area contributed by atoms with Crippen LogP contribution in [0.3, 0.4) is 0 Å². The van der Waals surface area contributed by atoms with E-state index in [1.165, 1.54) is 0 Å². The monoisotopic (exact) mass is 378 g/mol. The van der Waals surface area contributed by atoms with Crippen molar-refractivity contribution in [2.24, 2.45) is 0 Å². The minimum Gasteiger partial charge on any atom is -0.484 e.